The smallest absolute Gasteiger partial charge is 0.269 e. The largest absolute Gasteiger partial charge is 0.380 e. The Morgan fingerprint density at radius 1 is 1.79 bits per heavy atom. The standard InChI is InChI=1S/C8H10BrClN2O2/c1-5(14-2)3-12-4-11-7(10)6(9)8(12)13/h4-5H,3H2,1-2H3. The van der Waals surface area contributed by atoms with Crippen LogP contribution in [0.2, 0.25) is 5.15 Å². The van der Waals surface area contributed by atoms with E-state index in [1.54, 1.807) is 7.11 Å². The highest BCUT2D eigenvalue weighted by Gasteiger charge is 2.08. The highest BCUT2D eigenvalue weighted by Crippen LogP contribution is 2.13. The van der Waals surface area contributed by atoms with Crippen LogP contribution in [0.15, 0.2) is 15.6 Å². The summed E-state index contributed by atoms with van der Waals surface area (Å²) < 4.78 is 6.77. The zero-order valence-electron chi connectivity index (χ0n) is 7.83. The van der Waals surface area contributed by atoms with E-state index in [9.17, 15) is 4.79 Å². The van der Waals surface area contributed by atoms with Gasteiger partial charge >= 0.3 is 0 Å². The van der Waals surface area contributed by atoms with Gasteiger partial charge in [0.1, 0.15) is 4.47 Å². The van der Waals surface area contributed by atoms with Gasteiger partial charge in [-0.25, -0.2) is 4.98 Å². The first-order valence-electron chi connectivity index (χ1n) is 3.99. The van der Waals surface area contributed by atoms with Crippen molar-refractivity contribution in [1.29, 1.82) is 0 Å². The van der Waals surface area contributed by atoms with E-state index in [-0.39, 0.29) is 21.3 Å². The molecule has 0 saturated heterocycles. The second kappa shape index (κ2) is 4.91. The van der Waals surface area contributed by atoms with Gasteiger partial charge in [0.2, 0.25) is 0 Å². The molecule has 0 aliphatic carbocycles. The Bertz CT molecular complexity index is 380. The maximum atomic E-state index is 11.6. The molecule has 0 fully saturated rings. The lowest BCUT2D eigenvalue weighted by Crippen LogP contribution is -2.27. The Morgan fingerprint density at radius 2 is 2.43 bits per heavy atom. The highest BCUT2D eigenvalue weighted by molar-refractivity contribution is 9.10. The number of methoxy groups -OCH3 is 1. The second-order valence-electron chi connectivity index (χ2n) is 2.85. The van der Waals surface area contributed by atoms with Crippen molar-refractivity contribution in [2.24, 2.45) is 0 Å². The molecule has 1 rings (SSSR count). The summed E-state index contributed by atoms with van der Waals surface area (Å²) in [4.78, 5) is 15.4. The lowest BCUT2D eigenvalue weighted by atomic mass is 10.4. The van der Waals surface area contributed by atoms with Crippen molar-refractivity contribution in [3.63, 3.8) is 0 Å². The van der Waals surface area contributed by atoms with Crippen molar-refractivity contribution in [2.45, 2.75) is 19.6 Å². The zero-order valence-corrected chi connectivity index (χ0v) is 10.2. The summed E-state index contributed by atoms with van der Waals surface area (Å²) in [5.74, 6) is 0. The van der Waals surface area contributed by atoms with Gasteiger partial charge in [-0.15, -0.1) is 0 Å². The fraction of sp³-hybridized carbons (Fsp3) is 0.500. The van der Waals surface area contributed by atoms with Crippen molar-refractivity contribution in [2.75, 3.05) is 7.11 Å². The van der Waals surface area contributed by atoms with E-state index in [2.05, 4.69) is 20.9 Å². The Kier molecular flexibility index (Phi) is 4.10. The number of halogens is 2. The molecule has 0 saturated carbocycles. The molecule has 0 spiro atoms. The maximum Gasteiger partial charge on any atom is 0.269 e. The topological polar surface area (TPSA) is 44.1 Å². The summed E-state index contributed by atoms with van der Waals surface area (Å²) >= 11 is 8.73. The molecule has 0 bridgehead atoms. The third-order valence-corrected chi connectivity index (χ3v) is 3.03. The third kappa shape index (κ3) is 2.56. The molecule has 6 heteroatoms. The minimum atomic E-state index is -0.200. The lowest BCUT2D eigenvalue weighted by Gasteiger charge is -2.11. The van der Waals surface area contributed by atoms with E-state index in [0.717, 1.165) is 0 Å². The quantitative estimate of drug-likeness (QED) is 0.792. The fourth-order valence-corrected chi connectivity index (χ4v) is 1.38. The molecule has 0 aliphatic heterocycles. The van der Waals surface area contributed by atoms with Crippen LogP contribution in [0.5, 0.6) is 0 Å². The van der Waals surface area contributed by atoms with Gasteiger partial charge in [-0.05, 0) is 22.9 Å². The number of aromatic nitrogens is 2. The second-order valence-corrected chi connectivity index (χ2v) is 4.00. The van der Waals surface area contributed by atoms with Crippen molar-refractivity contribution in [3.05, 3.63) is 26.3 Å². The van der Waals surface area contributed by atoms with Crippen LogP contribution in [-0.2, 0) is 11.3 Å². The molecule has 14 heavy (non-hydrogen) atoms. The molecule has 1 unspecified atom stereocenters. The molecule has 0 radical (unpaired) electrons. The van der Waals surface area contributed by atoms with Crippen molar-refractivity contribution >= 4 is 27.5 Å². The van der Waals surface area contributed by atoms with Gasteiger partial charge in [0.15, 0.2) is 5.15 Å². The van der Waals surface area contributed by atoms with E-state index in [4.69, 9.17) is 16.3 Å². The predicted molar refractivity (Wildman–Crippen MR) is 57.7 cm³/mol. The summed E-state index contributed by atoms with van der Waals surface area (Å²) in [5.41, 5.74) is -0.200. The minimum absolute atomic E-state index is 0.0393. The van der Waals surface area contributed by atoms with Gasteiger partial charge in [-0.2, -0.15) is 0 Å². The SMILES string of the molecule is COC(C)Cn1cnc(Cl)c(Br)c1=O. The highest BCUT2D eigenvalue weighted by atomic mass is 79.9. The van der Waals surface area contributed by atoms with Crippen molar-refractivity contribution in [1.82, 2.24) is 9.55 Å². The molecule has 1 aromatic rings. The lowest BCUT2D eigenvalue weighted by molar-refractivity contribution is 0.102. The van der Waals surface area contributed by atoms with Gasteiger partial charge in [-0.3, -0.25) is 9.36 Å². The molecular formula is C8H10BrClN2O2. The van der Waals surface area contributed by atoms with Crippen molar-refractivity contribution in [3.8, 4) is 0 Å². The Balaban J connectivity index is 3.00. The molecule has 1 heterocycles. The molecule has 78 valence electrons. The summed E-state index contributed by atoms with van der Waals surface area (Å²) in [5, 5.41) is 0.177. The molecule has 0 N–H and O–H groups in total. The Morgan fingerprint density at radius 3 is 3.00 bits per heavy atom. The minimum Gasteiger partial charge on any atom is -0.380 e. The van der Waals surface area contributed by atoms with Crippen LogP contribution in [0, 0.1) is 0 Å². The maximum absolute atomic E-state index is 11.6. The van der Waals surface area contributed by atoms with Crippen LogP contribution in [0.4, 0.5) is 0 Å². The third-order valence-electron chi connectivity index (χ3n) is 1.80. The number of nitrogens with zero attached hydrogens (tertiary/aromatic N) is 2. The molecule has 0 amide bonds. The summed E-state index contributed by atoms with van der Waals surface area (Å²) in [6.45, 7) is 2.33. The van der Waals surface area contributed by atoms with E-state index in [1.165, 1.54) is 10.9 Å². The number of ether oxygens (including phenoxy) is 1. The monoisotopic (exact) mass is 280 g/mol. The fourth-order valence-electron chi connectivity index (χ4n) is 0.925. The molecule has 0 aliphatic rings. The van der Waals surface area contributed by atoms with Crippen LogP contribution in [0.1, 0.15) is 6.92 Å². The summed E-state index contributed by atoms with van der Waals surface area (Å²) in [6, 6.07) is 0. The molecular weight excluding hydrogens is 271 g/mol. The van der Waals surface area contributed by atoms with Gasteiger partial charge in [0, 0.05) is 7.11 Å². The summed E-state index contributed by atoms with van der Waals surface area (Å²) in [7, 11) is 1.59. The normalized spacial score (nSPS) is 12.9. The van der Waals surface area contributed by atoms with Crippen LogP contribution in [0.3, 0.4) is 0 Å². The first-order valence-corrected chi connectivity index (χ1v) is 5.16. The Hall–Kier alpha value is -0.390. The number of rotatable bonds is 3. The molecule has 1 atom stereocenters. The van der Waals surface area contributed by atoms with Crippen LogP contribution in [0.25, 0.3) is 0 Å². The van der Waals surface area contributed by atoms with Crippen LogP contribution < -0.4 is 5.56 Å². The van der Waals surface area contributed by atoms with Crippen LogP contribution >= 0.6 is 27.5 Å². The zero-order chi connectivity index (χ0) is 10.7. The molecule has 1 aromatic heterocycles. The van der Waals surface area contributed by atoms with E-state index in [0.29, 0.717) is 6.54 Å². The Labute approximate surface area is 95.0 Å². The molecule has 4 nitrogen and oxygen atoms in total. The van der Waals surface area contributed by atoms with E-state index in [1.807, 2.05) is 6.92 Å². The van der Waals surface area contributed by atoms with Crippen molar-refractivity contribution < 1.29 is 4.74 Å². The van der Waals surface area contributed by atoms with Gasteiger partial charge in [-0.1, -0.05) is 11.6 Å². The summed E-state index contributed by atoms with van der Waals surface area (Å²) in [6.07, 6.45) is 1.37. The van der Waals surface area contributed by atoms with Gasteiger partial charge in [0.25, 0.3) is 5.56 Å². The van der Waals surface area contributed by atoms with Gasteiger partial charge < -0.3 is 4.74 Å². The number of hydrogen-bond donors (Lipinski definition) is 0. The number of hydrogen-bond acceptors (Lipinski definition) is 3. The van der Waals surface area contributed by atoms with Crippen LogP contribution in [-0.4, -0.2) is 22.8 Å². The average molecular weight is 282 g/mol. The molecule has 0 aromatic carbocycles. The average Bonchev–Trinajstić information content (AvgIpc) is 2.19. The van der Waals surface area contributed by atoms with E-state index < -0.39 is 0 Å². The first-order chi connectivity index (χ1) is 6.56. The predicted octanol–water partition coefficient (Wildman–Crippen LogP) is 1.69. The van der Waals surface area contributed by atoms with E-state index >= 15 is 0 Å². The van der Waals surface area contributed by atoms with Gasteiger partial charge in [0.05, 0.1) is 19.0 Å². The first kappa shape index (κ1) is 11.7.